The third kappa shape index (κ3) is 5.43. The Balaban J connectivity index is 0.00000256. The zero-order valence-corrected chi connectivity index (χ0v) is 20.4. The molecule has 1 aromatic heterocycles. The van der Waals surface area contributed by atoms with Crippen molar-refractivity contribution in [3.05, 3.63) is 59.3 Å². The number of anilines is 1. The molecule has 2 aromatic rings. The van der Waals surface area contributed by atoms with E-state index in [4.69, 9.17) is 9.72 Å². The molecule has 1 fully saturated rings. The van der Waals surface area contributed by atoms with Gasteiger partial charge in [-0.1, -0.05) is 30.3 Å². The number of pyridine rings is 1. The van der Waals surface area contributed by atoms with Crippen molar-refractivity contribution in [3.63, 3.8) is 0 Å². The first-order valence-corrected chi connectivity index (χ1v) is 10.5. The van der Waals surface area contributed by atoms with E-state index >= 15 is 0 Å². The van der Waals surface area contributed by atoms with E-state index in [0.29, 0.717) is 6.54 Å². The molecule has 0 aliphatic carbocycles. The summed E-state index contributed by atoms with van der Waals surface area (Å²) in [5.74, 6) is 1.96. The second kappa shape index (κ2) is 10.4. The minimum atomic E-state index is 0. The van der Waals surface area contributed by atoms with E-state index in [1.165, 1.54) is 11.1 Å². The van der Waals surface area contributed by atoms with Gasteiger partial charge in [-0.15, -0.1) is 24.0 Å². The number of fused-ring (bicyclic) bond motifs is 1. The molecule has 2 unspecified atom stereocenters. The average Bonchev–Trinajstić information content (AvgIpc) is 2.74. The SMILES string of the molecule is CN=C(NCc1ccc(N2CC(C)OC(C)C2)nc1)N1CCc2ccccc2C1.I. The van der Waals surface area contributed by atoms with Crippen LogP contribution in [0.3, 0.4) is 0 Å². The minimum absolute atomic E-state index is 0. The van der Waals surface area contributed by atoms with Crippen LogP contribution in [0.2, 0.25) is 0 Å². The molecule has 30 heavy (non-hydrogen) atoms. The highest BCUT2D eigenvalue weighted by molar-refractivity contribution is 14.0. The molecule has 0 saturated carbocycles. The van der Waals surface area contributed by atoms with Crippen LogP contribution in [-0.4, -0.2) is 54.7 Å². The Morgan fingerprint density at radius 1 is 1.13 bits per heavy atom. The molecule has 6 nitrogen and oxygen atoms in total. The zero-order valence-electron chi connectivity index (χ0n) is 18.0. The number of nitrogens with one attached hydrogen (secondary N) is 1. The van der Waals surface area contributed by atoms with Crippen molar-refractivity contribution in [2.24, 2.45) is 4.99 Å². The fourth-order valence-corrected chi connectivity index (χ4v) is 4.26. The van der Waals surface area contributed by atoms with Gasteiger partial charge in [-0.05, 0) is 43.0 Å². The van der Waals surface area contributed by atoms with E-state index in [0.717, 1.165) is 49.9 Å². The first-order chi connectivity index (χ1) is 14.1. The number of hydrogen-bond acceptors (Lipinski definition) is 4. The van der Waals surface area contributed by atoms with Crippen LogP contribution in [0.25, 0.3) is 0 Å². The lowest BCUT2D eigenvalue weighted by Crippen LogP contribution is -2.45. The van der Waals surface area contributed by atoms with Gasteiger partial charge in [0.15, 0.2) is 5.96 Å². The summed E-state index contributed by atoms with van der Waals surface area (Å²) < 4.78 is 5.82. The molecule has 7 heteroatoms. The van der Waals surface area contributed by atoms with Gasteiger partial charge in [0.25, 0.3) is 0 Å². The summed E-state index contributed by atoms with van der Waals surface area (Å²) in [6, 6.07) is 12.9. The number of ether oxygens (including phenoxy) is 1. The number of benzene rings is 1. The number of aromatic nitrogens is 1. The van der Waals surface area contributed by atoms with Crippen LogP contribution in [-0.2, 0) is 24.2 Å². The highest BCUT2D eigenvalue weighted by Crippen LogP contribution is 2.20. The van der Waals surface area contributed by atoms with E-state index in [2.05, 4.69) is 70.4 Å². The molecule has 1 aromatic carbocycles. The smallest absolute Gasteiger partial charge is 0.194 e. The van der Waals surface area contributed by atoms with Gasteiger partial charge in [0, 0.05) is 46.0 Å². The molecule has 0 radical (unpaired) electrons. The molecule has 1 N–H and O–H groups in total. The molecule has 162 valence electrons. The molecule has 4 rings (SSSR count). The summed E-state index contributed by atoms with van der Waals surface area (Å²) in [5.41, 5.74) is 3.99. The zero-order chi connectivity index (χ0) is 20.2. The van der Waals surface area contributed by atoms with Crippen LogP contribution in [0.1, 0.15) is 30.5 Å². The molecule has 3 heterocycles. The molecule has 1 saturated heterocycles. The maximum atomic E-state index is 5.82. The Bertz CT molecular complexity index is 847. The fourth-order valence-electron chi connectivity index (χ4n) is 4.26. The summed E-state index contributed by atoms with van der Waals surface area (Å²) in [6.45, 7) is 8.61. The third-order valence-corrected chi connectivity index (χ3v) is 5.65. The maximum Gasteiger partial charge on any atom is 0.194 e. The second-order valence-corrected chi connectivity index (χ2v) is 8.03. The van der Waals surface area contributed by atoms with Crippen molar-refractivity contribution in [3.8, 4) is 0 Å². The minimum Gasteiger partial charge on any atom is -0.372 e. The molecule has 0 spiro atoms. The van der Waals surface area contributed by atoms with Gasteiger partial charge >= 0.3 is 0 Å². The van der Waals surface area contributed by atoms with Crippen LogP contribution in [0, 0.1) is 0 Å². The number of guanidine groups is 1. The van der Waals surface area contributed by atoms with Crippen LogP contribution in [0.15, 0.2) is 47.6 Å². The number of halogens is 1. The van der Waals surface area contributed by atoms with Crippen LogP contribution >= 0.6 is 24.0 Å². The number of rotatable bonds is 3. The highest BCUT2D eigenvalue weighted by atomic mass is 127. The van der Waals surface area contributed by atoms with Crippen molar-refractivity contribution >= 4 is 35.8 Å². The van der Waals surface area contributed by atoms with Gasteiger partial charge in [0.1, 0.15) is 5.82 Å². The van der Waals surface area contributed by atoms with E-state index in [9.17, 15) is 0 Å². The summed E-state index contributed by atoms with van der Waals surface area (Å²) in [7, 11) is 1.85. The lowest BCUT2D eigenvalue weighted by atomic mass is 10.0. The fraction of sp³-hybridized carbons (Fsp3) is 0.478. The highest BCUT2D eigenvalue weighted by Gasteiger charge is 2.23. The molecule has 0 bridgehead atoms. The number of aliphatic imine (C=N–C) groups is 1. The van der Waals surface area contributed by atoms with Crippen molar-refractivity contribution in [1.29, 1.82) is 0 Å². The van der Waals surface area contributed by atoms with Crippen molar-refractivity contribution in [2.45, 2.75) is 45.6 Å². The van der Waals surface area contributed by atoms with Crippen molar-refractivity contribution in [1.82, 2.24) is 15.2 Å². The van der Waals surface area contributed by atoms with Crippen LogP contribution < -0.4 is 10.2 Å². The molecule has 0 amide bonds. The average molecular weight is 521 g/mol. The number of nitrogens with zero attached hydrogens (tertiary/aromatic N) is 4. The predicted molar refractivity (Wildman–Crippen MR) is 133 cm³/mol. The first-order valence-electron chi connectivity index (χ1n) is 10.5. The van der Waals surface area contributed by atoms with Crippen molar-refractivity contribution < 1.29 is 4.74 Å². The van der Waals surface area contributed by atoms with E-state index in [1.807, 2.05) is 13.2 Å². The largest absolute Gasteiger partial charge is 0.372 e. The Morgan fingerprint density at radius 2 is 1.87 bits per heavy atom. The summed E-state index contributed by atoms with van der Waals surface area (Å²) in [4.78, 5) is 13.8. The first kappa shape index (κ1) is 22.8. The topological polar surface area (TPSA) is 53.0 Å². The Morgan fingerprint density at radius 3 is 2.53 bits per heavy atom. The van der Waals surface area contributed by atoms with E-state index < -0.39 is 0 Å². The lowest BCUT2D eigenvalue weighted by Gasteiger charge is -2.36. The Hall–Kier alpha value is -1.87. The predicted octanol–water partition coefficient (Wildman–Crippen LogP) is 3.45. The van der Waals surface area contributed by atoms with Gasteiger partial charge in [0.2, 0.25) is 0 Å². The number of morpholine rings is 1. The van der Waals surface area contributed by atoms with Gasteiger partial charge < -0.3 is 19.9 Å². The van der Waals surface area contributed by atoms with Gasteiger partial charge in [-0.2, -0.15) is 0 Å². The molecular weight excluding hydrogens is 489 g/mol. The summed E-state index contributed by atoms with van der Waals surface area (Å²) in [5, 5.41) is 3.50. The normalized spacial score (nSPS) is 21.6. The van der Waals surface area contributed by atoms with E-state index in [-0.39, 0.29) is 36.2 Å². The van der Waals surface area contributed by atoms with Crippen molar-refractivity contribution in [2.75, 3.05) is 31.6 Å². The standard InChI is InChI=1S/C23H31N5O.HI/c1-17-14-28(15-18(2)29-17)22-9-8-19(12-25-22)13-26-23(24-3)27-11-10-20-6-4-5-7-21(20)16-27;/h4-9,12,17-18H,10-11,13-16H2,1-3H3,(H,24,26);1H. The van der Waals surface area contributed by atoms with Gasteiger partial charge in [0.05, 0.1) is 12.2 Å². The molecule has 2 aliphatic rings. The third-order valence-electron chi connectivity index (χ3n) is 5.65. The molecule has 2 aliphatic heterocycles. The lowest BCUT2D eigenvalue weighted by molar-refractivity contribution is -0.00545. The maximum absolute atomic E-state index is 5.82. The van der Waals surface area contributed by atoms with Gasteiger partial charge in [-0.3, -0.25) is 4.99 Å². The Labute approximate surface area is 196 Å². The van der Waals surface area contributed by atoms with Gasteiger partial charge in [-0.25, -0.2) is 4.98 Å². The van der Waals surface area contributed by atoms with Crippen LogP contribution in [0.5, 0.6) is 0 Å². The quantitative estimate of drug-likeness (QED) is 0.381. The summed E-state index contributed by atoms with van der Waals surface area (Å²) in [6.07, 6.45) is 3.50. The second-order valence-electron chi connectivity index (χ2n) is 8.03. The number of hydrogen-bond donors (Lipinski definition) is 1. The summed E-state index contributed by atoms with van der Waals surface area (Å²) >= 11 is 0. The van der Waals surface area contributed by atoms with E-state index in [1.54, 1.807) is 0 Å². The monoisotopic (exact) mass is 521 g/mol. The Kier molecular flexibility index (Phi) is 7.93. The molecular formula is C23H32IN5O. The molecule has 2 atom stereocenters. The van der Waals surface area contributed by atoms with Crippen LogP contribution in [0.4, 0.5) is 5.82 Å².